The molecule has 0 radical (unpaired) electrons. The molecule has 2 rings (SSSR count). The van der Waals surface area contributed by atoms with E-state index >= 15 is 0 Å². The molecular formula is C13H16N4O3. The number of aromatic nitrogens is 3. The van der Waals surface area contributed by atoms with Gasteiger partial charge >= 0.3 is 0 Å². The number of carbonyl (C=O) groups excluding carboxylic acids is 1. The zero-order valence-electron chi connectivity index (χ0n) is 11.1. The summed E-state index contributed by atoms with van der Waals surface area (Å²) in [5.41, 5.74) is 1.78. The van der Waals surface area contributed by atoms with Crippen molar-refractivity contribution in [2.45, 2.75) is 19.8 Å². The van der Waals surface area contributed by atoms with Gasteiger partial charge in [0.2, 0.25) is 0 Å². The van der Waals surface area contributed by atoms with Crippen LogP contribution in [-0.2, 0) is 6.42 Å². The van der Waals surface area contributed by atoms with Crippen molar-refractivity contribution in [2.24, 2.45) is 0 Å². The number of carbonyl (C=O) groups is 1. The fourth-order valence-corrected chi connectivity index (χ4v) is 1.87. The van der Waals surface area contributed by atoms with Crippen molar-refractivity contribution in [2.75, 3.05) is 6.54 Å². The first-order valence-electron chi connectivity index (χ1n) is 6.26. The lowest BCUT2D eigenvalue weighted by Gasteiger charge is -2.05. The van der Waals surface area contributed by atoms with Crippen LogP contribution >= 0.6 is 0 Å². The number of H-pyrrole nitrogens is 2. The van der Waals surface area contributed by atoms with Gasteiger partial charge in [-0.1, -0.05) is 0 Å². The predicted molar refractivity (Wildman–Crippen MR) is 72.7 cm³/mol. The van der Waals surface area contributed by atoms with Crippen molar-refractivity contribution in [3.8, 4) is 5.88 Å². The Labute approximate surface area is 115 Å². The molecule has 0 aliphatic rings. The van der Waals surface area contributed by atoms with E-state index in [1.807, 2.05) is 6.92 Å². The van der Waals surface area contributed by atoms with Gasteiger partial charge in [0.15, 0.2) is 5.88 Å². The maximum Gasteiger partial charge on any atom is 0.251 e. The van der Waals surface area contributed by atoms with Crippen molar-refractivity contribution in [3.63, 3.8) is 0 Å². The molecular weight excluding hydrogens is 260 g/mol. The van der Waals surface area contributed by atoms with E-state index in [1.54, 1.807) is 6.20 Å². The highest BCUT2D eigenvalue weighted by atomic mass is 16.3. The minimum Gasteiger partial charge on any atom is -0.494 e. The maximum atomic E-state index is 11.8. The minimum atomic E-state index is -0.510. The Bertz CT molecular complexity index is 660. The van der Waals surface area contributed by atoms with E-state index in [9.17, 15) is 14.7 Å². The molecule has 0 aliphatic heterocycles. The van der Waals surface area contributed by atoms with Crippen molar-refractivity contribution in [1.82, 2.24) is 20.5 Å². The molecule has 2 aromatic rings. The third kappa shape index (κ3) is 3.47. The maximum absolute atomic E-state index is 11.8. The van der Waals surface area contributed by atoms with E-state index in [1.165, 1.54) is 6.07 Å². The molecule has 0 bridgehead atoms. The number of hydrogen-bond acceptors (Lipinski definition) is 4. The SMILES string of the molecule is Cc1[nH]ncc1CCCNC(=O)c1cc(O)[nH]c(=O)c1. The topological polar surface area (TPSA) is 111 Å². The molecule has 7 nitrogen and oxygen atoms in total. The van der Waals surface area contributed by atoms with Gasteiger partial charge in [0.05, 0.1) is 11.8 Å². The Hall–Kier alpha value is -2.57. The van der Waals surface area contributed by atoms with E-state index < -0.39 is 5.56 Å². The largest absolute Gasteiger partial charge is 0.494 e. The number of aromatic amines is 2. The normalized spacial score (nSPS) is 10.4. The molecule has 0 atom stereocenters. The van der Waals surface area contributed by atoms with Gasteiger partial charge in [0, 0.05) is 24.4 Å². The molecule has 20 heavy (non-hydrogen) atoms. The quantitative estimate of drug-likeness (QED) is 0.595. The second-order valence-corrected chi connectivity index (χ2v) is 4.50. The third-order valence-corrected chi connectivity index (χ3v) is 2.94. The van der Waals surface area contributed by atoms with Crippen LogP contribution in [0.3, 0.4) is 0 Å². The van der Waals surface area contributed by atoms with Gasteiger partial charge in [-0.15, -0.1) is 0 Å². The second-order valence-electron chi connectivity index (χ2n) is 4.50. The van der Waals surface area contributed by atoms with Crippen LogP contribution in [0.15, 0.2) is 23.1 Å². The lowest BCUT2D eigenvalue weighted by molar-refractivity contribution is 0.0952. The van der Waals surface area contributed by atoms with Crippen LogP contribution < -0.4 is 10.9 Å². The van der Waals surface area contributed by atoms with Gasteiger partial charge in [-0.2, -0.15) is 5.10 Å². The zero-order valence-corrected chi connectivity index (χ0v) is 11.1. The molecule has 0 aliphatic carbocycles. The Morgan fingerprint density at radius 3 is 2.90 bits per heavy atom. The first-order valence-corrected chi connectivity index (χ1v) is 6.26. The second kappa shape index (κ2) is 6.05. The number of nitrogens with one attached hydrogen (secondary N) is 3. The summed E-state index contributed by atoms with van der Waals surface area (Å²) in [6.45, 7) is 2.43. The van der Waals surface area contributed by atoms with Crippen LogP contribution in [0, 0.1) is 6.92 Å². The first kappa shape index (κ1) is 13.9. The van der Waals surface area contributed by atoms with Gasteiger partial charge in [-0.3, -0.25) is 19.7 Å². The third-order valence-electron chi connectivity index (χ3n) is 2.94. The Kier molecular flexibility index (Phi) is 4.19. The monoisotopic (exact) mass is 276 g/mol. The molecule has 106 valence electrons. The Morgan fingerprint density at radius 1 is 1.45 bits per heavy atom. The molecule has 0 unspecified atom stereocenters. The zero-order chi connectivity index (χ0) is 14.5. The highest BCUT2D eigenvalue weighted by Crippen LogP contribution is 2.06. The summed E-state index contributed by atoms with van der Waals surface area (Å²) in [4.78, 5) is 25.1. The van der Waals surface area contributed by atoms with Gasteiger partial charge in [-0.25, -0.2) is 0 Å². The van der Waals surface area contributed by atoms with Crippen molar-refractivity contribution < 1.29 is 9.90 Å². The number of aromatic hydroxyl groups is 1. The van der Waals surface area contributed by atoms with Crippen LogP contribution in [0.5, 0.6) is 5.88 Å². The van der Waals surface area contributed by atoms with Crippen molar-refractivity contribution in [1.29, 1.82) is 0 Å². The number of pyridine rings is 1. The van der Waals surface area contributed by atoms with E-state index in [0.29, 0.717) is 6.54 Å². The van der Waals surface area contributed by atoms with Crippen LogP contribution in [0.1, 0.15) is 28.0 Å². The summed E-state index contributed by atoms with van der Waals surface area (Å²) in [6, 6.07) is 2.37. The summed E-state index contributed by atoms with van der Waals surface area (Å²) in [6.07, 6.45) is 3.34. The van der Waals surface area contributed by atoms with Crippen LogP contribution in [0.4, 0.5) is 0 Å². The molecule has 4 N–H and O–H groups in total. The highest BCUT2D eigenvalue weighted by Gasteiger charge is 2.07. The van der Waals surface area contributed by atoms with Crippen molar-refractivity contribution in [3.05, 3.63) is 45.5 Å². The number of hydrogen-bond donors (Lipinski definition) is 4. The molecule has 0 fully saturated rings. The summed E-state index contributed by atoms with van der Waals surface area (Å²) < 4.78 is 0. The minimum absolute atomic E-state index is 0.144. The summed E-state index contributed by atoms with van der Waals surface area (Å²) in [5.74, 6) is -0.702. The van der Waals surface area contributed by atoms with E-state index in [4.69, 9.17) is 0 Å². The van der Waals surface area contributed by atoms with Crippen LogP contribution in [0.2, 0.25) is 0 Å². The fourth-order valence-electron chi connectivity index (χ4n) is 1.87. The van der Waals surface area contributed by atoms with Gasteiger partial charge in [0.25, 0.3) is 11.5 Å². The van der Waals surface area contributed by atoms with Crippen molar-refractivity contribution >= 4 is 5.91 Å². The van der Waals surface area contributed by atoms with Gasteiger partial charge in [-0.05, 0) is 25.3 Å². The molecule has 7 heteroatoms. The van der Waals surface area contributed by atoms with E-state index in [-0.39, 0.29) is 17.4 Å². The highest BCUT2D eigenvalue weighted by molar-refractivity contribution is 5.94. The molecule has 2 aromatic heterocycles. The molecule has 0 spiro atoms. The van der Waals surface area contributed by atoms with E-state index in [0.717, 1.165) is 30.2 Å². The summed E-state index contributed by atoms with van der Waals surface area (Å²) in [7, 11) is 0. The summed E-state index contributed by atoms with van der Waals surface area (Å²) >= 11 is 0. The van der Waals surface area contributed by atoms with Gasteiger partial charge < -0.3 is 10.4 Å². The average Bonchev–Trinajstić information content (AvgIpc) is 2.79. The molecule has 0 saturated heterocycles. The molecule has 0 saturated carbocycles. The molecule has 2 heterocycles. The lowest BCUT2D eigenvalue weighted by Crippen LogP contribution is -2.26. The Balaban J connectivity index is 1.83. The number of amides is 1. The molecule has 1 amide bonds. The lowest BCUT2D eigenvalue weighted by atomic mass is 10.1. The first-order chi connectivity index (χ1) is 9.56. The van der Waals surface area contributed by atoms with E-state index in [2.05, 4.69) is 20.5 Å². The standard InChI is InChI=1S/C13H16N4O3/c1-8-9(7-15-17-8)3-2-4-14-13(20)10-5-11(18)16-12(19)6-10/h5-7H,2-4H2,1H3,(H,14,20)(H,15,17)(H2,16,18,19). The average molecular weight is 276 g/mol. The molecule has 0 aromatic carbocycles. The Morgan fingerprint density at radius 2 is 2.25 bits per heavy atom. The number of nitrogens with zero attached hydrogens (tertiary/aromatic N) is 1. The smallest absolute Gasteiger partial charge is 0.251 e. The fraction of sp³-hybridized carbons (Fsp3) is 0.308. The number of rotatable bonds is 5. The predicted octanol–water partition coefficient (Wildman–Crippen LogP) is 0.475. The number of aryl methyl sites for hydroxylation is 2. The summed E-state index contributed by atoms with van der Waals surface area (Å²) in [5, 5.41) is 18.7. The van der Waals surface area contributed by atoms with Crippen LogP contribution in [-0.4, -0.2) is 32.7 Å². The van der Waals surface area contributed by atoms with Gasteiger partial charge in [0.1, 0.15) is 0 Å². The van der Waals surface area contributed by atoms with Crippen LogP contribution in [0.25, 0.3) is 0 Å².